The molecule has 1 aliphatic carbocycles. The number of rotatable bonds is 4. The van der Waals surface area contributed by atoms with Crippen molar-refractivity contribution in [2.45, 2.75) is 51.9 Å². The Morgan fingerprint density at radius 2 is 1.79 bits per heavy atom. The lowest BCUT2D eigenvalue weighted by molar-refractivity contribution is 0.709. The number of hydrogen-bond acceptors (Lipinski definition) is 5. The van der Waals surface area contributed by atoms with Crippen LogP contribution < -0.4 is 5.32 Å². The molecule has 29 heavy (non-hydrogen) atoms. The molecule has 1 aliphatic rings. The summed E-state index contributed by atoms with van der Waals surface area (Å²) in [5.74, 6) is 3.10. The highest BCUT2D eigenvalue weighted by Gasteiger charge is 2.20. The van der Waals surface area contributed by atoms with Crippen LogP contribution in [-0.4, -0.2) is 30.1 Å². The molecule has 154 valence electrons. The average molecular weight is 525 g/mol. The second kappa shape index (κ2) is 10.3. The van der Waals surface area contributed by atoms with Gasteiger partial charge in [0.15, 0.2) is 5.82 Å². The molecule has 0 atom stereocenters. The van der Waals surface area contributed by atoms with Crippen LogP contribution >= 0.6 is 34.2 Å². The van der Waals surface area contributed by atoms with Crippen LogP contribution in [0.15, 0.2) is 24.3 Å². The zero-order valence-corrected chi connectivity index (χ0v) is 19.9. The van der Waals surface area contributed by atoms with E-state index in [1.807, 2.05) is 29.2 Å². The van der Waals surface area contributed by atoms with Gasteiger partial charge in [-0.1, -0.05) is 66.6 Å². The molecule has 4 rings (SSSR count). The van der Waals surface area contributed by atoms with E-state index in [0.29, 0.717) is 16.8 Å². The highest BCUT2D eigenvalue weighted by atomic mass is 127. The van der Waals surface area contributed by atoms with Gasteiger partial charge in [0.2, 0.25) is 5.95 Å². The number of hydrogen-bond donors (Lipinski definition) is 2. The first kappa shape index (κ1) is 22.0. The number of benzene rings is 1. The standard InChI is InChI=1S/C20H23ClN6.CH3I/c1-12(2)17-24-20(27-26-17)25-19-14-9-4-3-5-11-16(14)22-18(23-19)13-8-6-7-10-15(13)21;1-2/h6-8,10,12H,3-5,9,11H2,1-2H3,(H2,22,23,24,25,26,27);1H3. The molecule has 0 fully saturated rings. The summed E-state index contributed by atoms with van der Waals surface area (Å²) in [6.07, 6.45) is 5.40. The number of halogens is 2. The van der Waals surface area contributed by atoms with E-state index in [9.17, 15) is 0 Å². The summed E-state index contributed by atoms with van der Waals surface area (Å²) in [6, 6.07) is 7.68. The van der Waals surface area contributed by atoms with E-state index >= 15 is 0 Å². The fourth-order valence-electron chi connectivity index (χ4n) is 3.33. The summed E-state index contributed by atoms with van der Waals surface area (Å²) in [5, 5.41) is 11.2. The van der Waals surface area contributed by atoms with Crippen LogP contribution in [0.5, 0.6) is 0 Å². The van der Waals surface area contributed by atoms with Crippen molar-refractivity contribution in [3.63, 3.8) is 0 Å². The van der Waals surface area contributed by atoms with Crippen molar-refractivity contribution in [1.29, 1.82) is 0 Å². The summed E-state index contributed by atoms with van der Waals surface area (Å²) in [7, 11) is 0. The van der Waals surface area contributed by atoms with Crippen LogP contribution in [0, 0.1) is 0 Å². The zero-order valence-electron chi connectivity index (χ0n) is 17.0. The molecule has 0 saturated heterocycles. The molecule has 0 bridgehead atoms. The number of aryl methyl sites for hydroxylation is 1. The van der Waals surface area contributed by atoms with Crippen LogP contribution in [0.3, 0.4) is 0 Å². The van der Waals surface area contributed by atoms with Crippen molar-refractivity contribution in [2.24, 2.45) is 0 Å². The highest BCUT2D eigenvalue weighted by Crippen LogP contribution is 2.31. The molecule has 2 N–H and O–H groups in total. The van der Waals surface area contributed by atoms with E-state index in [2.05, 4.69) is 56.9 Å². The Morgan fingerprint density at radius 1 is 1.03 bits per heavy atom. The number of anilines is 2. The molecular weight excluding hydrogens is 499 g/mol. The number of alkyl halides is 1. The van der Waals surface area contributed by atoms with Gasteiger partial charge in [0.05, 0.1) is 5.02 Å². The maximum absolute atomic E-state index is 6.39. The largest absolute Gasteiger partial charge is 0.307 e. The summed E-state index contributed by atoms with van der Waals surface area (Å²) in [5.41, 5.74) is 3.10. The second-order valence-corrected chi connectivity index (χ2v) is 7.59. The topological polar surface area (TPSA) is 79.4 Å². The second-order valence-electron chi connectivity index (χ2n) is 7.19. The molecule has 0 amide bonds. The van der Waals surface area contributed by atoms with E-state index in [1.165, 1.54) is 12.0 Å². The van der Waals surface area contributed by atoms with E-state index in [1.54, 1.807) is 0 Å². The average Bonchev–Trinajstić information content (AvgIpc) is 3.06. The van der Waals surface area contributed by atoms with E-state index in [0.717, 1.165) is 48.6 Å². The maximum atomic E-state index is 6.39. The maximum Gasteiger partial charge on any atom is 0.247 e. The molecule has 2 heterocycles. The predicted octanol–water partition coefficient (Wildman–Crippen LogP) is 6.10. The Morgan fingerprint density at radius 3 is 2.52 bits per heavy atom. The lowest BCUT2D eigenvalue weighted by Gasteiger charge is -2.14. The minimum Gasteiger partial charge on any atom is -0.307 e. The molecule has 1 aromatic carbocycles. The quantitative estimate of drug-likeness (QED) is 0.245. The third-order valence-corrected chi connectivity index (χ3v) is 5.16. The monoisotopic (exact) mass is 524 g/mol. The first-order valence-corrected chi connectivity index (χ1v) is 12.4. The van der Waals surface area contributed by atoms with E-state index in [4.69, 9.17) is 21.6 Å². The van der Waals surface area contributed by atoms with Gasteiger partial charge in [-0.25, -0.2) is 9.97 Å². The Balaban J connectivity index is 0.00000117. The minimum atomic E-state index is 0.286. The molecule has 0 unspecified atom stereocenters. The number of nitrogens with zero attached hydrogens (tertiary/aromatic N) is 4. The molecule has 3 aromatic rings. The molecular formula is C21H26ClIN6. The van der Waals surface area contributed by atoms with E-state index < -0.39 is 0 Å². The fraction of sp³-hybridized carbons (Fsp3) is 0.429. The first-order chi connectivity index (χ1) is 14.1. The summed E-state index contributed by atoms with van der Waals surface area (Å²) >= 11 is 8.54. The van der Waals surface area contributed by atoms with Crippen molar-refractivity contribution in [3.05, 3.63) is 46.4 Å². The van der Waals surface area contributed by atoms with Crippen molar-refractivity contribution in [1.82, 2.24) is 25.1 Å². The third-order valence-electron chi connectivity index (χ3n) is 4.83. The van der Waals surface area contributed by atoms with Gasteiger partial charge in [0.25, 0.3) is 0 Å². The molecule has 2 aromatic heterocycles. The molecule has 8 heteroatoms. The lowest BCUT2D eigenvalue weighted by atomic mass is 10.1. The van der Waals surface area contributed by atoms with E-state index in [-0.39, 0.29) is 5.92 Å². The fourth-order valence-corrected chi connectivity index (χ4v) is 3.55. The Kier molecular flexibility index (Phi) is 7.83. The summed E-state index contributed by atoms with van der Waals surface area (Å²) in [4.78, 5) is 16.2. The number of fused-ring (bicyclic) bond motifs is 1. The van der Waals surface area contributed by atoms with Gasteiger partial charge in [-0.15, -0.1) is 5.10 Å². The third kappa shape index (κ3) is 5.25. The van der Waals surface area contributed by atoms with Crippen LogP contribution in [-0.2, 0) is 12.8 Å². The number of aromatic nitrogens is 5. The Labute approximate surface area is 190 Å². The SMILES string of the molecule is CC(C)c1nc(Nc2nc(-c3ccccc3Cl)nc3c2CCCCC3)n[nH]1.CI. The van der Waals surface area contributed by atoms with Gasteiger partial charge in [-0.3, -0.25) is 5.10 Å². The van der Waals surface area contributed by atoms with Gasteiger partial charge in [0.1, 0.15) is 11.6 Å². The number of nitrogens with one attached hydrogen (secondary N) is 2. The smallest absolute Gasteiger partial charge is 0.247 e. The van der Waals surface area contributed by atoms with Crippen molar-refractivity contribution in [2.75, 3.05) is 10.2 Å². The van der Waals surface area contributed by atoms with Crippen LogP contribution in [0.25, 0.3) is 11.4 Å². The van der Waals surface area contributed by atoms with Crippen LogP contribution in [0.2, 0.25) is 5.02 Å². The van der Waals surface area contributed by atoms with Gasteiger partial charge < -0.3 is 5.32 Å². The van der Waals surface area contributed by atoms with Gasteiger partial charge in [-0.05, 0) is 42.7 Å². The minimum absolute atomic E-state index is 0.286. The van der Waals surface area contributed by atoms with Crippen molar-refractivity contribution in [3.8, 4) is 11.4 Å². The van der Waals surface area contributed by atoms with Gasteiger partial charge >= 0.3 is 0 Å². The van der Waals surface area contributed by atoms with Gasteiger partial charge in [-0.2, -0.15) is 4.98 Å². The molecule has 0 aliphatic heterocycles. The normalized spacial score (nSPS) is 13.3. The molecule has 0 radical (unpaired) electrons. The van der Waals surface area contributed by atoms with Gasteiger partial charge in [0, 0.05) is 22.7 Å². The number of aromatic amines is 1. The predicted molar refractivity (Wildman–Crippen MR) is 127 cm³/mol. The Hall–Kier alpha value is -1.74. The van der Waals surface area contributed by atoms with Crippen molar-refractivity contribution >= 4 is 46.0 Å². The summed E-state index contributed by atoms with van der Waals surface area (Å²) in [6.45, 7) is 4.16. The van der Waals surface area contributed by atoms with Crippen LogP contribution in [0.4, 0.5) is 11.8 Å². The molecule has 0 spiro atoms. The molecule has 0 saturated carbocycles. The summed E-state index contributed by atoms with van der Waals surface area (Å²) < 4.78 is 0. The molecule has 6 nitrogen and oxygen atoms in total. The van der Waals surface area contributed by atoms with Crippen LogP contribution in [0.1, 0.15) is 56.1 Å². The highest BCUT2D eigenvalue weighted by molar-refractivity contribution is 14.1. The number of H-pyrrole nitrogens is 1. The van der Waals surface area contributed by atoms with Crippen molar-refractivity contribution < 1.29 is 0 Å². The first-order valence-electron chi connectivity index (χ1n) is 9.83. The Bertz CT molecular complexity index is 956. The zero-order chi connectivity index (χ0) is 20.8. The lowest BCUT2D eigenvalue weighted by Crippen LogP contribution is -2.08.